The molecule has 1 atom stereocenters. The minimum Gasteiger partial charge on any atom is -0.395 e. The monoisotopic (exact) mass is 286 g/mol. The molecule has 0 aromatic heterocycles. The topological polar surface area (TPSA) is 78.4 Å². The summed E-state index contributed by atoms with van der Waals surface area (Å²) in [6, 6.07) is 8.91. The first kappa shape index (κ1) is 16.1. The van der Waals surface area contributed by atoms with E-state index in [0.717, 1.165) is 5.56 Å². The summed E-state index contributed by atoms with van der Waals surface area (Å²) in [5.74, 6) is 0. The third kappa shape index (κ3) is 6.68. The molecule has 0 spiro atoms. The van der Waals surface area contributed by atoms with Crippen LogP contribution in [0, 0.1) is 0 Å². The lowest BCUT2D eigenvalue weighted by atomic mass is 10.1. The normalized spacial score (nSPS) is 14.3. The Kier molecular flexibility index (Phi) is 5.49. The average Bonchev–Trinajstić information content (AvgIpc) is 2.25. The SMILES string of the molecule is CC(C)(C)NS(=O)(=O)N[C@H](CO)Cc1ccccc1. The fraction of sp³-hybridized carbons (Fsp3) is 0.538. The Morgan fingerprint density at radius 3 is 2.26 bits per heavy atom. The fourth-order valence-corrected chi connectivity index (χ4v) is 3.16. The van der Waals surface area contributed by atoms with E-state index in [1.807, 2.05) is 30.3 Å². The van der Waals surface area contributed by atoms with Crippen LogP contribution in [-0.4, -0.2) is 31.7 Å². The quantitative estimate of drug-likeness (QED) is 0.724. The highest BCUT2D eigenvalue weighted by Gasteiger charge is 2.22. The third-order valence-corrected chi connectivity index (χ3v) is 3.83. The predicted molar refractivity (Wildman–Crippen MR) is 76.0 cm³/mol. The van der Waals surface area contributed by atoms with Crippen LogP contribution in [0.1, 0.15) is 26.3 Å². The van der Waals surface area contributed by atoms with Crippen molar-refractivity contribution in [3.05, 3.63) is 35.9 Å². The van der Waals surface area contributed by atoms with Crippen molar-refractivity contribution in [1.82, 2.24) is 9.44 Å². The molecule has 108 valence electrons. The van der Waals surface area contributed by atoms with Gasteiger partial charge in [0, 0.05) is 5.54 Å². The van der Waals surface area contributed by atoms with Gasteiger partial charge in [-0.15, -0.1) is 0 Å². The van der Waals surface area contributed by atoms with Gasteiger partial charge < -0.3 is 5.11 Å². The Labute approximate surface area is 115 Å². The average molecular weight is 286 g/mol. The highest BCUT2D eigenvalue weighted by atomic mass is 32.2. The predicted octanol–water partition coefficient (Wildman–Crippen LogP) is 0.813. The van der Waals surface area contributed by atoms with Crippen molar-refractivity contribution in [2.24, 2.45) is 0 Å². The summed E-state index contributed by atoms with van der Waals surface area (Å²) in [6.45, 7) is 5.03. The van der Waals surface area contributed by atoms with Crippen LogP contribution in [0.15, 0.2) is 30.3 Å². The van der Waals surface area contributed by atoms with Gasteiger partial charge in [-0.05, 0) is 32.8 Å². The molecule has 0 amide bonds. The summed E-state index contributed by atoms with van der Waals surface area (Å²) in [6.07, 6.45) is 0.447. The molecule has 0 aliphatic rings. The zero-order valence-corrected chi connectivity index (χ0v) is 12.4. The number of rotatable bonds is 6. The van der Waals surface area contributed by atoms with Crippen LogP contribution in [0.3, 0.4) is 0 Å². The van der Waals surface area contributed by atoms with Crippen molar-refractivity contribution < 1.29 is 13.5 Å². The van der Waals surface area contributed by atoms with Gasteiger partial charge in [0.25, 0.3) is 10.2 Å². The molecular weight excluding hydrogens is 264 g/mol. The molecule has 0 fully saturated rings. The molecular formula is C13H22N2O3S. The molecule has 0 radical (unpaired) electrons. The summed E-state index contributed by atoms with van der Waals surface area (Å²) in [5.41, 5.74) is 0.415. The van der Waals surface area contributed by atoms with Crippen LogP contribution in [0.2, 0.25) is 0 Å². The molecule has 0 heterocycles. The molecule has 0 saturated carbocycles. The standard InChI is InChI=1S/C13H22N2O3S/c1-13(2,3)15-19(17,18)14-12(10-16)9-11-7-5-4-6-8-11/h4-8,12,14-16H,9-10H2,1-3H3/t12-/m0/s1. The first-order chi connectivity index (χ1) is 8.72. The maximum Gasteiger partial charge on any atom is 0.277 e. The molecule has 0 unspecified atom stereocenters. The summed E-state index contributed by atoms with van der Waals surface area (Å²) in [7, 11) is -3.63. The lowest BCUT2D eigenvalue weighted by Gasteiger charge is -2.23. The van der Waals surface area contributed by atoms with Crippen molar-refractivity contribution in [2.45, 2.75) is 38.8 Å². The molecule has 19 heavy (non-hydrogen) atoms. The van der Waals surface area contributed by atoms with Gasteiger partial charge in [-0.1, -0.05) is 30.3 Å². The van der Waals surface area contributed by atoms with Crippen molar-refractivity contribution in [3.8, 4) is 0 Å². The van der Waals surface area contributed by atoms with Crippen LogP contribution in [0.25, 0.3) is 0 Å². The number of aliphatic hydroxyl groups excluding tert-OH is 1. The first-order valence-corrected chi connectivity index (χ1v) is 7.66. The van der Waals surface area contributed by atoms with Crippen molar-refractivity contribution in [3.63, 3.8) is 0 Å². The number of hydrogen-bond donors (Lipinski definition) is 3. The molecule has 5 nitrogen and oxygen atoms in total. The molecule has 1 aromatic carbocycles. The number of hydrogen-bond acceptors (Lipinski definition) is 3. The molecule has 6 heteroatoms. The Morgan fingerprint density at radius 1 is 1.21 bits per heavy atom. The van der Waals surface area contributed by atoms with E-state index in [1.54, 1.807) is 20.8 Å². The summed E-state index contributed by atoms with van der Waals surface area (Å²) in [4.78, 5) is 0. The Balaban J connectivity index is 2.67. The highest BCUT2D eigenvalue weighted by molar-refractivity contribution is 7.87. The number of benzene rings is 1. The minimum atomic E-state index is -3.63. The maximum atomic E-state index is 11.9. The zero-order chi connectivity index (χ0) is 14.5. The number of nitrogens with one attached hydrogen (secondary N) is 2. The second kappa shape index (κ2) is 6.47. The van der Waals surface area contributed by atoms with Gasteiger partial charge in [0.05, 0.1) is 12.6 Å². The van der Waals surface area contributed by atoms with Gasteiger partial charge in [0.15, 0.2) is 0 Å². The molecule has 1 aromatic rings. The fourth-order valence-electron chi connectivity index (χ4n) is 1.69. The largest absolute Gasteiger partial charge is 0.395 e. The van der Waals surface area contributed by atoms with E-state index in [9.17, 15) is 13.5 Å². The summed E-state index contributed by atoms with van der Waals surface area (Å²) >= 11 is 0. The van der Waals surface area contributed by atoms with E-state index in [2.05, 4.69) is 9.44 Å². The van der Waals surface area contributed by atoms with E-state index < -0.39 is 21.8 Å². The lowest BCUT2D eigenvalue weighted by molar-refractivity contribution is 0.255. The first-order valence-electron chi connectivity index (χ1n) is 6.18. The Morgan fingerprint density at radius 2 is 1.79 bits per heavy atom. The van der Waals surface area contributed by atoms with E-state index in [4.69, 9.17) is 0 Å². The van der Waals surface area contributed by atoms with Gasteiger partial charge >= 0.3 is 0 Å². The van der Waals surface area contributed by atoms with Crippen LogP contribution < -0.4 is 9.44 Å². The van der Waals surface area contributed by atoms with Crippen molar-refractivity contribution >= 4 is 10.2 Å². The van der Waals surface area contributed by atoms with E-state index in [-0.39, 0.29) is 6.61 Å². The molecule has 0 aliphatic carbocycles. The minimum absolute atomic E-state index is 0.250. The summed E-state index contributed by atoms with van der Waals surface area (Å²) < 4.78 is 28.7. The van der Waals surface area contributed by atoms with Gasteiger partial charge in [-0.25, -0.2) is 0 Å². The second-order valence-corrected chi connectivity index (χ2v) is 6.99. The highest BCUT2D eigenvalue weighted by Crippen LogP contribution is 2.05. The Hall–Kier alpha value is -0.950. The molecule has 0 saturated heterocycles. The van der Waals surface area contributed by atoms with Gasteiger partial charge in [0.1, 0.15) is 0 Å². The summed E-state index contributed by atoms with van der Waals surface area (Å²) in [5, 5.41) is 9.29. The van der Waals surface area contributed by atoms with Crippen molar-refractivity contribution in [1.29, 1.82) is 0 Å². The zero-order valence-electron chi connectivity index (χ0n) is 11.6. The molecule has 3 N–H and O–H groups in total. The third-order valence-electron chi connectivity index (χ3n) is 2.31. The molecule has 0 bridgehead atoms. The maximum absolute atomic E-state index is 11.9. The van der Waals surface area contributed by atoms with Gasteiger partial charge in [-0.3, -0.25) is 0 Å². The number of aliphatic hydroxyl groups is 1. The van der Waals surface area contributed by atoms with Crippen LogP contribution in [0.5, 0.6) is 0 Å². The molecule has 1 rings (SSSR count). The van der Waals surface area contributed by atoms with E-state index >= 15 is 0 Å². The molecule has 0 aliphatic heterocycles. The Bertz CT molecular complexity index is 480. The smallest absolute Gasteiger partial charge is 0.277 e. The van der Waals surface area contributed by atoms with Crippen LogP contribution >= 0.6 is 0 Å². The second-order valence-electron chi connectivity index (χ2n) is 5.54. The van der Waals surface area contributed by atoms with Crippen LogP contribution in [0.4, 0.5) is 0 Å². The van der Waals surface area contributed by atoms with Crippen LogP contribution in [-0.2, 0) is 16.6 Å². The van der Waals surface area contributed by atoms with Crippen molar-refractivity contribution in [2.75, 3.05) is 6.61 Å². The van der Waals surface area contributed by atoms with E-state index in [1.165, 1.54) is 0 Å². The van der Waals surface area contributed by atoms with Gasteiger partial charge in [0.2, 0.25) is 0 Å². The van der Waals surface area contributed by atoms with E-state index in [0.29, 0.717) is 6.42 Å². The lowest BCUT2D eigenvalue weighted by Crippen LogP contribution is -2.51. The van der Waals surface area contributed by atoms with Gasteiger partial charge in [-0.2, -0.15) is 17.9 Å².